The number of unbranched alkanes of at least 4 members (excludes halogenated alkanes) is 3. The number of halogens is 26. The summed E-state index contributed by atoms with van der Waals surface area (Å²) in [6.45, 7) is 5.40. The third-order valence-electron chi connectivity index (χ3n) is 8.30. The van der Waals surface area contributed by atoms with Gasteiger partial charge in [-0.3, -0.25) is 0 Å². The highest BCUT2D eigenvalue weighted by Crippen LogP contribution is 2.65. The van der Waals surface area contributed by atoms with Gasteiger partial charge in [0.25, 0.3) is 0 Å². The Kier molecular flexibility index (Phi) is 18.7. The SMILES string of the molecule is CCCC[P+](CCCC)(CCCC)CCCC(F)(F)C(F)(F)C(F)(F)C(F)(F)C(F)(F)C(F)(F)C(F)(F)C(F)(F)F.O=S(=O)([O-])C(F)(F)C(F)(F)C(F)(F)C(F)(F)F. The van der Waals surface area contributed by atoms with Gasteiger partial charge in [0.05, 0.1) is 24.6 Å². The molecule has 0 heterocycles. The molecule has 0 bridgehead atoms. The molecular formula is C27H33F26O3PS. The molecule has 0 N–H and O–H groups in total. The molecule has 0 atom stereocenters. The maximum absolute atomic E-state index is 14.4. The third kappa shape index (κ3) is 10.8. The second-order valence-electron chi connectivity index (χ2n) is 12.7. The van der Waals surface area contributed by atoms with Crippen molar-refractivity contribution in [3.05, 3.63) is 0 Å². The van der Waals surface area contributed by atoms with E-state index in [1.165, 1.54) is 0 Å². The van der Waals surface area contributed by atoms with E-state index in [0.717, 1.165) is 0 Å². The van der Waals surface area contributed by atoms with Crippen molar-refractivity contribution in [2.24, 2.45) is 0 Å². The summed E-state index contributed by atoms with van der Waals surface area (Å²) in [5, 5.41) is -7.11. The Morgan fingerprint density at radius 2 is 0.621 bits per heavy atom. The molecule has 0 saturated heterocycles. The molecule has 0 saturated carbocycles. The predicted octanol–water partition coefficient (Wildman–Crippen LogP) is 13.2. The second kappa shape index (κ2) is 18.5. The maximum Gasteiger partial charge on any atom is 0.460 e. The Morgan fingerprint density at radius 1 is 0.379 bits per heavy atom. The number of alkyl halides is 26. The molecule has 0 amide bonds. The van der Waals surface area contributed by atoms with E-state index in [9.17, 15) is 127 Å². The molecule has 0 fully saturated rings. The Morgan fingerprint density at radius 3 is 0.879 bits per heavy atom. The summed E-state index contributed by atoms with van der Waals surface area (Å²) in [7, 11) is -9.58. The summed E-state index contributed by atoms with van der Waals surface area (Å²) in [6.07, 6.45) is -13.1. The smallest absolute Gasteiger partial charge is 0.460 e. The van der Waals surface area contributed by atoms with Gasteiger partial charge in [-0.05, 0) is 25.7 Å². The predicted molar refractivity (Wildman–Crippen MR) is 152 cm³/mol. The van der Waals surface area contributed by atoms with Crippen LogP contribution >= 0.6 is 7.26 Å². The summed E-state index contributed by atoms with van der Waals surface area (Å²) >= 11 is 0. The molecule has 0 aliphatic heterocycles. The number of hydrogen-bond acceptors (Lipinski definition) is 3. The van der Waals surface area contributed by atoms with Crippen LogP contribution in [0.2, 0.25) is 0 Å². The average Bonchev–Trinajstić information content (AvgIpc) is 3.03. The van der Waals surface area contributed by atoms with Gasteiger partial charge in [-0.25, -0.2) is 8.42 Å². The first-order chi connectivity index (χ1) is 25.1. The molecule has 352 valence electrons. The highest BCUT2D eigenvalue weighted by atomic mass is 32.2. The van der Waals surface area contributed by atoms with Crippen LogP contribution in [0.3, 0.4) is 0 Å². The van der Waals surface area contributed by atoms with Crippen LogP contribution in [0.15, 0.2) is 0 Å². The molecule has 0 radical (unpaired) electrons. The molecular weight excluding hydrogens is 929 g/mol. The fourth-order valence-electron chi connectivity index (χ4n) is 4.66. The quantitative estimate of drug-likeness (QED) is 0.0617. The monoisotopic (exact) mass is 962 g/mol. The van der Waals surface area contributed by atoms with Crippen molar-refractivity contribution in [3.8, 4) is 0 Å². The van der Waals surface area contributed by atoms with Crippen LogP contribution in [-0.4, -0.2) is 109 Å². The molecule has 0 aromatic heterocycles. The second-order valence-corrected chi connectivity index (χ2v) is 18.6. The van der Waals surface area contributed by atoms with E-state index in [2.05, 4.69) is 0 Å². The summed E-state index contributed by atoms with van der Waals surface area (Å²) in [5.74, 6) is -70.6. The van der Waals surface area contributed by atoms with Gasteiger partial charge in [0.15, 0.2) is 10.1 Å². The Hall–Kier alpha value is -1.48. The molecule has 0 unspecified atom stereocenters. The molecule has 0 spiro atoms. The van der Waals surface area contributed by atoms with Gasteiger partial charge in [0, 0.05) is 13.7 Å². The summed E-state index contributed by atoms with van der Waals surface area (Å²) in [4.78, 5) is 0. The summed E-state index contributed by atoms with van der Waals surface area (Å²) < 4.78 is 365. The standard InChI is InChI=1S/C23H33F17P.C4HF9O3S/c1-4-7-12-41(13-8-5-2,14-9-6-3)15-10-11-16(24,25)17(26,27)18(28,29)19(30,31)20(32,33)21(34,35)22(36,37)23(38,39)40;5-1(6,3(9,10)11)2(7,8)4(12,13)17(14,15)16/h4-15H2,1-3H3;(H,14,15,16)/q+1;/p-1. The minimum Gasteiger partial charge on any atom is -0.743 e. The van der Waals surface area contributed by atoms with Gasteiger partial charge < -0.3 is 4.55 Å². The van der Waals surface area contributed by atoms with E-state index in [1.807, 2.05) is 0 Å². The van der Waals surface area contributed by atoms with Gasteiger partial charge in [0.2, 0.25) is 0 Å². The minimum absolute atomic E-state index is 0.202. The lowest BCUT2D eigenvalue weighted by Crippen LogP contribution is -2.74. The zero-order valence-corrected chi connectivity index (χ0v) is 31.1. The average molecular weight is 963 g/mol. The molecule has 3 nitrogen and oxygen atoms in total. The van der Waals surface area contributed by atoms with Crippen LogP contribution in [0.1, 0.15) is 72.1 Å². The largest absolute Gasteiger partial charge is 0.743 e. The van der Waals surface area contributed by atoms with Gasteiger partial charge in [-0.1, -0.05) is 40.0 Å². The van der Waals surface area contributed by atoms with Crippen LogP contribution in [0.5, 0.6) is 0 Å². The lowest BCUT2D eigenvalue weighted by molar-refractivity contribution is -0.461. The first-order valence-corrected chi connectivity index (χ1v) is 19.8. The molecule has 58 heavy (non-hydrogen) atoms. The van der Waals surface area contributed by atoms with E-state index in [0.29, 0.717) is 57.0 Å². The molecule has 0 aromatic rings. The molecule has 0 rings (SSSR count). The highest BCUT2D eigenvalue weighted by Gasteiger charge is 2.95. The Labute approximate surface area is 312 Å². The fourth-order valence-corrected chi connectivity index (χ4v) is 10.2. The van der Waals surface area contributed by atoms with Crippen LogP contribution in [0.4, 0.5) is 114 Å². The summed E-state index contributed by atoms with van der Waals surface area (Å²) in [5.41, 5.74) is 0. The van der Waals surface area contributed by atoms with Gasteiger partial charge >= 0.3 is 70.9 Å². The lowest BCUT2D eigenvalue weighted by Gasteiger charge is -2.42. The van der Waals surface area contributed by atoms with Gasteiger partial charge in [0.1, 0.15) is 0 Å². The zero-order valence-electron chi connectivity index (χ0n) is 29.4. The Bertz CT molecular complexity index is 1390. The first kappa shape index (κ1) is 58.6. The van der Waals surface area contributed by atoms with Crippen molar-refractivity contribution >= 4 is 17.4 Å². The van der Waals surface area contributed by atoms with Crippen molar-refractivity contribution in [3.63, 3.8) is 0 Å². The normalized spacial score (nSPS) is 15.7. The maximum atomic E-state index is 14.4. The number of rotatable bonds is 22. The third-order valence-corrected chi connectivity index (χ3v) is 14.2. The minimum atomic E-state index is -8.58. The van der Waals surface area contributed by atoms with Crippen molar-refractivity contribution in [1.29, 1.82) is 0 Å². The molecule has 0 aliphatic rings. The van der Waals surface area contributed by atoms with E-state index < -0.39 is 101 Å². The van der Waals surface area contributed by atoms with E-state index in [4.69, 9.17) is 0 Å². The number of hydrogen-bond donors (Lipinski definition) is 0. The van der Waals surface area contributed by atoms with E-state index in [-0.39, 0.29) is 6.16 Å². The zero-order chi connectivity index (χ0) is 47.5. The molecule has 0 aromatic carbocycles. The van der Waals surface area contributed by atoms with Crippen molar-refractivity contribution in [2.45, 2.75) is 143 Å². The van der Waals surface area contributed by atoms with Crippen molar-refractivity contribution < 1.29 is 127 Å². The van der Waals surface area contributed by atoms with Crippen LogP contribution in [0.25, 0.3) is 0 Å². The van der Waals surface area contributed by atoms with Crippen molar-refractivity contribution in [1.82, 2.24) is 0 Å². The van der Waals surface area contributed by atoms with Crippen LogP contribution in [0, 0.1) is 0 Å². The highest BCUT2D eigenvalue weighted by molar-refractivity contribution is 7.86. The summed E-state index contributed by atoms with van der Waals surface area (Å²) in [6, 6.07) is 0. The molecule has 0 aliphatic carbocycles. The fraction of sp³-hybridized carbons (Fsp3) is 1.00. The topological polar surface area (TPSA) is 57.2 Å². The van der Waals surface area contributed by atoms with Crippen molar-refractivity contribution in [2.75, 3.05) is 24.6 Å². The van der Waals surface area contributed by atoms with Crippen LogP contribution < -0.4 is 0 Å². The van der Waals surface area contributed by atoms with Crippen LogP contribution in [-0.2, 0) is 10.1 Å². The molecule has 31 heteroatoms. The van der Waals surface area contributed by atoms with Gasteiger partial charge in [-0.15, -0.1) is 0 Å². The van der Waals surface area contributed by atoms with E-state index in [1.54, 1.807) is 20.8 Å². The lowest BCUT2D eigenvalue weighted by atomic mass is 9.88. The van der Waals surface area contributed by atoms with Gasteiger partial charge in [-0.2, -0.15) is 114 Å². The van der Waals surface area contributed by atoms with E-state index >= 15 is 0 Å². The Balaban J connectivity index is 0. The first-order valence-electron chi connectivity index (χ1n) is 15.9.